The predicted octanol–water partition coefficient (Wildman–Crippen LogP) is 2.65. The van der Waals surface area contributed by atoms with E-state index >= 15 is 0 Å². The number of carboxylic acid groups (broad SMARTS) is 1. The third-order valence-electron chi connectivity index (χ3n) is 2.63. The fourth-order valence-corrected chi connectivity index (χ4v) is 3.81. The Morgan fingerprint density at radius 3 is 2.95 bits per heavy atom. The van der Waals surface area contributed by atoms with Crippen LogP contribution in [0.15, 0.2) is 27.8 Å². The van der Waals surface area contributed by atoms with E-state index in [0.29, 0.717) is 10.0 Å². The number of hydrogen-bond donors (Lipinski definition) is 1. The summed E-state index contributed by atoms with van der Waals surface area (Å²) >= 11 is 2.52. The average Bonchev–Trinajstić information content (AvgIpc) is 2.92. The highest BCUT2D eigenvalue weighted by atomic mass is 32.2. The molecule has 0 unspecified atom stereocenters. The molecule has 0 aromatic carbocycles. The Bertz CT molecular complexity index is 809. The van der Waals surface area contributed by atoms with Crippen molar-refractivity contribution < 1.29 is 9.90 Å². The third kappa shape index (κ3) is 2.27. The maximum absolute atomic E-state index is 11.0. The molecule has 0 fully saturated rings. The van der Waals surface area contributed by atoms with E-state index in [1.165, 1.54) is 11.8 Å². The van der Waals surface area contributed by atoms with Crippen molar-refractivity contribution >= 4 is 34.6 Å². The summed E-state index contributed by atoms with van der Waals surface area (Å²) in [6.07, 6.45) is 3.45. The minimum Gasteiger partial charge on any atom is -0.477 e. The lowest BCUT2D eigenvalue weighted by atomic mass is 10.4. The summed E-state index contributed by atoms with van der Waals surface area (Å²) < 4.78 is 2.42. The topological polar surface area (TPSA) is 80.4 Å². The lowest BCUT2D eigenvalue weighted by molar-refractivity contribution is 0.0701. The SMILES string of the molecule is Cc1cc2c(Sc3nc(C)c(C(=O)O)s3)nccn2n1. The van der Waals surface area contributed by atoms with E-state index in [2.05, 4.69) is 15.1 Å². The van der Waals surface area contributed by atoms with Crippen molar-refractivity contribution in [1.29, 1.82) is 0 Å². The second kappa shape index (κ2) is 4.88. The lowest BCUT2D eigenvalue weighted by Crippen LogP contribution is -1.94. The zero-order valence-electron chi connectivity index (χ0n) is 10.7. The molecule has 102 valence electrons. The number of nitrogens with zero attached hydrogens (tertiary/aromatic N) is 4. The van der Waals surface area contributed by atoms with Crippen LogP contribution in [0.2, 0.25) is 0 Å². The van der Waals surface area contributed by atoms with E-state index in [9.17, 15) is 4.79 Å². The number of carbonyl (C=O) groups is 1. The Labute approximate surface area is 122 Å². The number of thiazole rings is 1. The lowest BCUT2D eigenvalue weighted by Gasteiger charge is -1.99. The van der Waals surface area contributed by atoms with Crippen LogP contribution in [0, 0.1) is 13.8 Å². The zero-order valence-corrected chi connectivity index (χ0v) is 12.3. The first-order chi connectivity index (χ1) is 9.54. The van der Waals surface area contributed by atoms with Crippen LogP contribution in [0.5, 0.6) is 0 Å². The Hall–Kier alpha value is -1.93. The van der Waals surface area contributed by atoms with Crippen molar-refractivity contribution in [1.82, 2.24) is 19.6 Å². The third-order valence-corrected chi connectivity index (χ3v) is 4.85. The fourth-order valence-electron chi connectivity index (χ4n) is 1.80. The standard InChI is InChI=1S/C12H10N4O2S2/c1-6-5-8-10(13-3-4-16(8)15-6)20-12-14-7(2)9(19-12)11(17)18/h3-5H,1-2H3,(H,17,18). The molecule has 0 radical (unpaired) electrons. The van der Waals surface area contributed by atoms with E-state index in [4.69, 9.17) is 5.11 Å². The molecule has 8 heteroatoms. The normalized spacial score (nSPS) is 11.1. The molecule has 0 spiro atoms. The van der Waals surface area contributed by atoms with Gasteiger partial charge in [0.15, 0.2) is 4.34 Å². The molecule has 3 rings (SSSR count). The predicted molar refractivity (Wildman–Crippen MR) is 75.7 cm³/mol. The van der Waals surface area contributed by atoms with Crippen molar-refractivity contribution in [3.8, 4) is 0 Å². The first-order valence-corrected chi connectivity index (χ1v) is 7.37. The number of hydrogen-bond acceptors (Lipinski definition) is 6. The van der Waals surface area contributed by atoms with Crippen molar-refractivity contribution in [2.24, 2.45) is 0 Å². The van der Waals surface area contributed by atoms with Crippen LogP contribution in [-0.2, 0) is 0 Å². The van der Waals surface area contributed by atoms with Gasteiger partial charge in [0.25, 0.3) is 0 Å². The van der Waals surface area contributed by atoms with Gasteiger partial charge in [0.1, 0.15) is 9.90 Å². The molecule has 3 heterocycles. The van der Waals surface area contributed by atoms with Crippen molar-refractivity contribution in [3.05, 3.63) is 34.7 Å². The molecule has 0 aliphatic carbocycles. The van der Waals surface area contributed by atoms with Gasteiger partial charge in [-0.3, -0.25) is 0 Å². The first-order valence-electron chi connectivity index (χ1n) is 5.74. The summed E-state index contributed by atoms with van der Waals surface area (Å²) in [5, 5.41) is 14.1. The van der Waals surface area contributed by atoms with E-state index in [0.717, 1.165) is 27.6 Å². The maximum Gasteiger partial charge on any atom is 0.347 e. The maximum atomic E-state index is 11.0. The molecule has 3 aromatic rings. The number of aromatic nitrogens is 4. The molecule has 3 aromatic heterocycles. The van der Waals surface area contributed by atoms with Gasteiger partial charge in [-0.25, -0.2) is 19.3 Å². The van der Waals surface area contributed by atoms with Crippen molar-refractivity contribution in [2.75, 3.05) is 0 Å². The van der Waals surface area contributed by atoms with Gasteiger partial charge in [-0.2, -0.15) is 5.10 Å². The van der Waals surface area contributed by atoms with Crippen LogP contribution >= 0.6 is 23.1 Å². The highest BCUT2D eigenvalue weighted by molar-refractivity contribution is 8.01. The van der Waals surface area contributed by atoms with Crippen molar-refractivity contribution in [3.63, 3.8) is 0 Å². The van der Waals surface area contributed by atoms with Gasteiger partial charge in [0, 0.05) is 12.4 Å². The highest BCUT2D eigenvalue weighted by Gasteiger charge is 2.16. The summed E-state index contributed by atoms with van der Waals surface area (Å²) in [6, 6.07) is 1.94. The summed E-state index contributed by atoms with van der Waals surface area (Å²) in [5.74, 6) is -0.946. The monoisotopic (exact) mass is 306 g/mol. The number of rotatable bonds is 3. The Morgan fingerprint density at radius 1 is 1.45 bits per heavy atom. The minimum atomic E-state index is -0.946. The molecular weight excluding hydrogens is 296 g/mol. The van der Waals surface area contributed by atoms with E-state index in [-0.39, 0.29) is 4.88 Å². The quantitative estimate of drug-likeness (QED) is 0.801. The van der Waals surface area contributed by atoms with Crippen LogP contribution in [0.25, 0.3) is 5.52 Å². The largest absolute Gasteiger partial charge is 0.477 e. The van der Waals surface area contributed by atoms with Crippen LogP contribution in [0.4, 0.5) is 0 Å². The molecule has 0 atom stereocenters. The van der Waals surface area contributed by atoms with Crippen molar-refractivity contribution in [2.45, 2.75) is 23.2 Å². The van der Waals surface area contributed by atoms with Crippen LogP contribution in [-0.4, -0.2) is 30.7 Å². The average molecular weight is 306 g/mol. The Balaban J connectivity index is 2.01. The van der Waals surface area contributed by atoms with E-state index in [1.807, 2.05) is 13.0 Å². The van der Waals surface area contributed by atoms with Crippen LogP contribution in [0.1, 0.15) is 21.1 Å². The summed E-state index contributed by atoms with van der Waals surface area (Å²) in [4.78, 5) is 19.9. The van der Waals surface area contributed by atoms with E-state index < -0.39 is 5.97 Å². The summed E-state index contributed by atoms with van der Waals surface area (Å²) in [5.41, 5.74) is 2.32. The molecule has 1 N–H and O–H groups in total. The molecule has 0 amide bonds. The van der Waals surface area contributed by atoms with Gasteiger partial charge < -0.3 is 5.11 Å². The Kier molecular flexibility index (Phi) is 3.19. The molecule has 6 nitrogen and oxygen atoms in total. The van der Waals surface area contributed by atoms with Gasteiger partial charge in [-0.15, -0.1) is 0 Å². The molecule has 0 saturated carbocycles. The van der Waals surface area contributed by atoms with Gasteiger partial charge in [-0.05, 0) is 31.7 Å². The zero-order chi connectivity index (χ0) is 14.3. The number of aromatic carboxylic acids is 1. The summed E-state index contributed by atoms with van der Waals surface area (Å²) in [7, 11) is 0. The smallest absolute Gasteiger partial charge is 0.347 e. The Morgan fingerprint density at radius 2 is 2.25 bits per heavy atom. The fraction of sp³-hybridized carbons (Fsp3) is 0.167. The molecule has 20 heavy (non-hydrogen) atoms. The van der Waals surface area contributed by atoms with Crippen LogP contribution < -0.4 is 0 Å². The summed E-state index contributed by atoms with van der Waals surface area (Å²) in [6.45, 7) is 3.61. The van der Waals surface area contributed by atoms with E-state index in [1.54, 1.807) is 23.8 Å². The number of carboxylic acids is 1. The molecular formula is C12H10N4O2S2. The molecule has 0 saturated heterocycles. The van der Waals surface area contributed by atoms with Gasteiger partial charge in [-0.1, -0.05) is 11.3 Å². The second-order valence-electron chi connectivity index (χ2n) is 4.15. The molecule has 0 bridgehead atoms. The highest BCUT2D eigenvalue weighted by Crippen LogP contribution is 2.33. The van der Waals surface area contributed by atoms with Crippen LogP contribution in [0.3, 0.4) is 0 Å². The number of aryl methyl sites for hydroxylation is 2. The van der Waals surface area contributed by atoms with Gasteiger partial charge in [0.05, 0.1) is 16.9 Å². The minimum absolute atomic E-state index is 0.268. The second-order valence-corrected chi connectivity index (χ2v) is 6.38. The molecule has 0 aliphatic rings. The number of fused-ring (bicyclic) bond motifs is 1. The van der Waals surface area contributed by atoms with Gasteiger partial charge >= 0.3 is 5.97 Å². The van der Waals surface area contributed by atoms with Gasteiger partial charge in [0.2, 0.25) is 0 Å². The molecule has 0 aliphatic heterocycles. The first kappa shape index (κ1) is 13.1.